The first-order valence-electron chi connectivity index (χ1n) is 5.43. The van der Waals surface area contributed by atoms with Crippen molar-refractivity contribution < 1.29 is 4.42 Å². The molecule has 1 aromatic carbocycles. The van der Waals surface area contributed by atoms with E-state index < -0.39 is 0 Å². The Morgan fingerprint density at radius 3 is 2.88 bits per heavy atom. The normalized spacial score (nSPS) is 12.6. The molecule has 0 unspecified atom stereocenters. The monoisotopic (exact) mass is 216 g/mol. The molecule has 0 aliphatic rings. The standard InChI is InChI=1S/C13H16N2O/c1-10-5-3-4-6-13(10)11(2)15-8-12-7-14-9-16-12/h3-7,9,11,15H,8H2,1-2H3/t11-/m1/s1. The van der Waals surface area contributed by atoms with Gasteiger partial charge in [0.05, 0.1) is 12.7 Å². The van der Waals surface area contributed by atoms with Crippen LogP contribution in [-0.4, -0.2) is 4.98 Å². The topological polar surface area (TPSA) is 38.1 Å². The van der Waals surface area contributed by atoms with Crippen molar-refractivity contribution in [3.05, 3.63) is 53.7 Å². The van der Waals surface area contributed by atoms with E-state index in [1.807, 2.05) is 0 Å². The molecular weight excluding hydrogens is 200 g/mol. The Kier molecular flexibility index (Phi) is 3.37. The first-order valence-corrected chi connectivity index (χ1v) is 5.43. The summed E-state index contributed by atoms with van der Waals surface area (Å²) < 4.78 is 5.18. The van der Waals surface area contributed by atoms with Crippen molar-refractivity contribution in [2.45, 2.75) is 26.4 Å². The third-order valence-electron chi connectivity index (χ3n) is 2.72. The van der Waals surface area contributed by atoms with E-state index >= 15 is 0 Å². The Balaban J connectivity index is 1.98. The molecule has 3 heteroatoms. The van der Waals surface area contributed by atoms with Crippen LogP contribution >= 0.6 is 0 Å². The zero-order valence-corrected chi connectivity index (χ0v) is 9.60. The van der Waals surface area contributed by atoms with Crippen LogP contribution in [0.4, 0.5) is 0 Å². The van der Waals surface area contributed by atoms with Crippen molar-refractivity contribution in [2.75, 3.05) is 0 Å². The van der Waals surface area contributed by atoms with Gasteiger partial charge in [-0.3, -0.25) is 0 Å². The lowest BCUT2D eigenvalue weighted by Gasteiger charge is -2.15. The second kappa shape index (κ2) is 4.94. The van der Waals surface area contributed by atoms with E-state index in [2.05, 4.69) is 48.4 Å². The van der Waals surface area contributed by atoms with Crippen LogP contribution in [0, 0.1) is 6.92 Å². The van der Waals surface area contributed by atoms with Gasteiger partial charge in [-0.25, -0.2) is 4.98 Å². The van der Waals surface area contributed by atoms with Gasteiger partial charge in [-0.15, -0.1) is 0 Å². The number of nitrogens with zero attached hydrogens (tertiary/aromatic N) is 1. The quantitative estimate of drug-likeness (QED) is 0.854. The van der Waals surface area contributed by atoms with Crippen molar-refractivity contribution in [1.82, 2.24) is 10.3 Å². The summed E-state index contributed by atoms with van der Waals surface area (Å²) in [5, 5.41) is 3.41. The molecule has 1 atom stereocenters. The van der Waals surface area contributed by atoms with E-state index in [0.29, 0.717) is 12.6 Å². The lowest BCUT2D eigenvalue weighted by molar-refractivity contribution is 0.457. The van der Waals surface area contributed by atoms with Gasteiger partial charge < -0.3 is 9.73 Å². The van der Waals surface area contributed by atoms with E-state index in [4.69, 9.17) is 4.42 Å². The summed E-state index contributed by atoms with van der Waals surface area (Å²) >= 11 is 0. The Bertz CT molecular complexity index is 437. The van der Waals surface area contributed by atoms with Gasteiger partial charge in [-0.05, 0) is 25.0 Å². The minimum Gasteiger partial charge on any atom is -0.447 e. The molecule has 0 spiro atoms. The minimum atomic E-state index is 0.311. The third kappa shape index (κ3) is 2.49. The van der Waals surface area contributed by atoms with Gasteiger partial charge in [0.1, 0.15) is 5.76 Å². The fourth-order valence-corrected chi connectivity index (χ4v) is 1.77. The zero-order chi connectivity index (χ0) is 11.4. The number of aromatic nitrogens is 1. The highest BCUT2D eigenvalue weighted by atomic mass is 16.3. The van der Waals surface area contributed by atoms with E-state index in [1.54, 1.807) is 6.20 Å². The molecule has 0 aliphatic heterocycles. The van der Waals surface area contributed by atoms with Crippen LogP contribution in [0.3, 0.4) is 0 Å². The molecule has 0 amide bonds. The van der Waals surface area contributed by atoms with Crippen molar-refractivity contribution in [2.24, 2.45) is 0 Å². The predicted molar refractivity (Wildman–Crippen MR) is 62.9 cm³/mol. The molecule has 1 heterocycles. The summed E-state index contributed by atoms with van der Waals surface area (Å²) in [6, 6.07) is 8.71. The summed E-state index contributed by atoms with van der Waals surface area (Å²) in [5.74, 6) is 0.862. The minimum absolute atomic E-state index is 0.311. The van der Waals surface area contributed by atoms with Gasteiger partial charge in [0.15, 0.2) is 6.39 Å². The van der Waals surface area contributed by atoms with Crippen molar-refractivity contribution in [1.29, 1.82) is 0 Å². The van der Waals surface area contributed by atoms with Crippen molar-refractivity contribution >= 4 is 0 Å². The van der Waals surface area contributed by atoms with Crippen molar-refractivity contribution in [3.63, 3.8) is 0 Å². The molecule has 0 aliphatic carbocycles. The maximum absolute atomic E-state index is 5.18. The molecule has 84 valence electrons. The van der Waals surface area contributed by atoms with Crippen LogP contribution in [0.25, 0.3) is 0 Å². The lowest BCUT2D eigenvalue weighted by Crippen LogP contribution is -2.18. The number of hydrogen-bond acceptors (Lipinski definition) is 3. The predicted octanol–water partition coefficient (Wildman–Crippen LogP) is 2.83. The molecule has 1 N–H and O–H groups in total. The highest BCUT2D eigenvalue weighted by Gasteiger charge is 2.07. The first-order chi connectivity index (χ1) is 7.77. The number of rotatable bonds is 4. The average molecular weight is 216 g/mol. The highest BCUT2D eigenvalue weighted by molar-refractivity contribution is 5.28. The summed E-state index contributed by atoms with van der Waals surface area (Å²) in [7, 11) is 0. The van der Waals surface area contributed by atoms with E-state index in [1.165, 1.54) is 17.5 Å². The van der Waals surface area contributed by atoms with Crippen LogP contribution in [0.1, 0.15) is 29.9 Å². The molecule has 2 rings (SSSR count). The highest BCUT2D eigenvalue weighted by Crippen LogP contribution is 2.16. The van der Waals surface area contributed by atoms with Crippen molar-refractivity contribution in [3.8, 4) is 0 Å². The number of hydrogen-bond donors (Lipinski definition) is 1. The van der Waals surface area contributed by atoms with Crippen LogP contribution < -0.4 is 5.32 Å². The van der Waals surface area contributed by atoms with Gasteiger partial charge in [0.2, 0.25) is 0 Å². The molecule has 0 radical (unpaired) electrons. The maximum atomic E-state index is 5.18. The third-order valence-corrected chi connectivity index (χ3v) is 2.72. The summed E-state index contributed by atoms with van der Waals surface area (Å²) in [6.07, 6.45) is 3.19. The lowest BCUT2D eigenvalue weighted by atomic mass is 10.0. The average Bonchev–Trinajstić information content (AvgIpc) is 2.79. The van der Waals surface area contributed by atoms with E-state index in [0.717, 1.165) is 5.76 Å². The largest absolute Gasteiger partial charge is 0.447 e. The summed E-state index contributed by atoms with van der Waals surface area (Å²) in [4.78, 5) is 3.88. The molecular formula is C13H16N2O. The molecule has 16 heavy (non-hydrogen) atoms. The van der Waals surface area contributed by atoms with Gasteiger partial charge in [0, 0.05) is 6.04 Å². The second-order valence-corrected chi connectivity index (χ2v) is 3.93. The molecule has 2 aromatic rings. The SMILES string of the molecule is Cc1ccccc1[C@@H](C)NCc1cnco1. The first kappa shape index (κ1) is 10.9. The van der Waals surface area contributed by atoms with Crippen LogP contribution in [-0.2, 0) is 6.54 Å². The Hall–Kier alpha value is -1.61. The van der Waals surface area contributed by atoms with Gasteiger partial charge in [-0.2, -0.15) is 0 Å². The van der Waals surface area contributed by atoms with Gasteiger partial charge in [0.25, 0.3) is 0 Å². The molecule has 0 fully saturated rings. The van der Waals surface area contributed by atoms with E-state index in [9.17, 15) is 0 Å². The maximum Gasteiger partial charge on any atom is 0.180 e. The Morgan fingerprint density at radius 2 is 2.19 bits per heavy atom. The van der Waals surface area contributed by atoms with Crippen LogP contribution in [0.2, 0.25) is 0 Å². The van der Waals surface area contributed by atoms with Crippen LogP contribution in [0.15, 0.2) is 41.3 Å². The number of aryl methyl sites for hydroxylation is 1. The summed E-state index contributed by atoms with van der Waals surface area (Å²) in [5.41, 5.74) is 2.63. The van der Waals surface area contributed by atoms with E-state index in [-0.39, 0.29) is 0 Å². The number of oxazole rings is 1. The Labute approximate surface area is 95.5 Å². The number of nitrogens with one attached hydrogen (secondary N) is 1. The zero-order valence-electron chi connectivity index (χ0n) is 9.60. The molecule has 0 saturated carbocycles. The fraction of sp³-hybridized carbons (Fsp3) is 0.308. The molecule has 0 saturated heterocycles. The second-order valence-electron chi connectivity index (χ2n) is 3.93. The van der Waals surface area contributed by atoms with Gasteiger partial charge in [-0.1, -0.05) is 24.3 Å². The van der Waals surface area contributed by atoms with Gasteiger partial charge >= 0.3 is 0 Å². The number of benzene rings is 1. The summed E-state index contributed by atoms with van der Waals surface area (Å²) in [6.45, 7) is 4.98. The smallest absolute Gasteiger partial charge is 0.180 e. The van der Waals surface area contributed by atoms with Crippen LogP contribution in [0.5, 0.6) is 0 Å². The molecule has 0 bridgehead atoms. The fourth-order valence-electron chi connectivity index (χ4n) is 1.77. The molecule has 1 aromatic heterocycles. The Morgan fingerprint density at radius 1 is 1.38 bits per heavy atom. The molecule has 3 nitrogen and oxygen atoms in total.